The second-order valence-electron chi connectivity index (χ2n) is 6.29. The van der Waals surface area contributed by atoms with Crippen LogP contribution in [-0.4, -0.2) is 42.6 Å². The van der Waals surface area contributed by atoms with Crippen LogP contribution in [0.5, 0.6) is 0 Å². The molecule has 0 aliphatic carbocycles. The Kier molecular flexibility index (Phi) is 6.51. The number of ether oxygens (including phenoxy) is 2. The van der Waals surface area contributed by atoms with Crippen LogP contribution in [0.4, 0.5) is 0 Å². The molecule has 7 nitrogen and oxygen atoms in total. The quantitative estimate of drug-likeness (QED) is 0.579. The summed E-state index contributed by atoms with van der Waals surface area (Å²) < 4.78 is 9.79. The molecule has 0 bridgehead atoms. The molecule has 1 heterocycles. The van der Waals surface area contributed by atoms with Crippen molar-refractivity contribution in [1.82, 2.24) is 10.3 Å². The van der Waals surface area contributed by atoms with Gasteiger partial charge in [-0.1, -0.05) is 35.9 Å². The molecule has 150 valence electrons. The van der Waals surface area contributed by atoms with E-state index in [4.69, 9.17) is 21.1 Å². The summed E-state index contributed by atoms with van der Waals surface area (Å²) >= 11 is 5.84. The number of H-pyrrole nitrogens is 1. The van der Waals surface area contributed by atoms with Gasteiger partial charge >= 0.3 is 11.9 Å². The molecule has 0 spiro atoms. The number of hydrogen-bond acceptors (Lipinski definition) is 5. The van der Waals surface area contributed by atoms with Crippen molar-refractivity contribution in [2.24, 2.45) is 0 Å². The van der Waals surface area contributed by atoms with Gasteiger partial charge in [0, 0.05) is 28.5 Å². The van der Waals surface area contributed by atoms with E-state index in [0.717, 1.165) is 16.5 Å². The smallest absolute Gasteiger partial charge is 0.338 e. The van der Waals surface area contributed by atoms with E-state index in [1.165, 1.54) is 19.2 Å². The molecule has 8 heteroatoms. The number of benzene rings is 2. The Bertz CT molecular complexity index is 1050. The molecule has 3 aromatic rings. The molecule has 2 aromatic carbocycles. The first-order chi connectivity index (χ1) is 14.0. The second kappa shape index (κ2) is 9.25. The molecule has 1 aromatic heterocycles. The zero-order valence-corrected chi connectivity index (χ0v) is 16.4. The van der Waals surface area contributed by atoms with Gasteiger partial charge in [-0.3, -0.25) is 4.79 Å². The normalized spacial score (nSPS) is 11.7. The first-order valence-electron chi connectivity index (χ1n) is 8.83. The molecule has 1 atom stereocenters. The Balaban J connectivity index is 1.63. The number of nitrogens with one attached hydrogen (secondary N) is 2. The van der Waals surface area contributed by atoms with Gasteiger partial charge in [-0.25, -0.2) is 9.59 Å². The lowest BCUT2D eigenvalue weighted by atomic mass is 10.0. The molecular weight excluding hydrogens is 396 g/mol. The molecular formula is C21H19ClN2O5. The van der Waals surface area contributed by atoms with Crippen molar-refractivity contribution >= 4 is 40.3 Å². The van der Waals surface area contributed by atoms with Gasteiger partial charge < -0.3 is 19.8 Å². The van der Waals surface area contributed by atoms with Crippen molar-refractivity contribution in [2.75, 3.05) is 13.7 Å². The SMILES string of the molecule is COC(=O)[C@@H](Cc1c[nH]c2ccccc12)NC(=O)COC(=O)c1cccc(Cl)c1. The molecule has 0 aliphatic rings. The Morgan fingerprint density at radius 1 is 1.14 bits per heavy atom. The van der Waals surface area contributed by atoms with Crippen LogP contribution >= 0.6 is 11.6 Å². The number of halogens is 1. The predicted molar refractivity (Wildman–Crippen MR) is 108 cm³/mol. The molecule has 3 rings (SSSR count). The highest BCUT2D eigenvalue weighted by Crippen LogP contribution is 2.19. The van der Waals surface area contributed by atoms with E-state index < -0.39 is 30.5 Å². The van der Waals surface area contributed by atoms with E-state index in [0.29, 0.717) is 5.02 Å². The van der Waals surface area contributed by atoms with Gasteiger partial charge in [0.1, 0.15) is 6.04 Å². The van der Waals surface area contributed by atoms with Gasteiger partial charge in [0.2, 0.25) is 0 Å². The minimum atomic E-state index is -0.920. The molecule has 2 N–H and O–H groups in total. The fraction of sp³-hybridized carbons (Fsp3) is 0.190. The lowest BCUT2D eigenvalue weighted by Gasteiger charge is -2.16. The van der Waals surface area contributed by atoms with Gasteiger partial charge in [-0.05, 0) is 29.8 Å². The fourth-order valence-electron chi connectivity index (χ4n) is 2.92. The highest BCUT2D eigenvalue weighted by atomic mass is 35.5. The van der Waals surface area contributed by atoms with Crippen LogP contribution in [0, 0.1) is 0 Å². The second-order valence-corrected chi connectivity index (χ2v) is 6.73. The van der Waals surface area contributed by atoms with Crippen LogP contribution in [0.2, 0.25) is 5.02 Å². The van der Waals surface area contributed by atoms with E-state index in [9.17, 15) is 14.4 Å². The van der Waals surface area contributed by atoms with Crippen molar-refractivity contribution < 1.29 is 23.9 Å². The number of para-hydroxylation sites is 1. The van der Waals surface area contributed by atoms with Crippen LogP contribution in [-0.2, 0) is 25.5 Å². The van der Waals surface area contributed by atoms with Gasteiger partial charge in [0.15, 0.2) is 6.61 Å². The van der Waals surface area contributed by atoms with Gasteiger partial charge in [-0.2, -0.15) is 0 Å². The average molecular weight is 415 g/mol. The number of carbonyl (C=O) groups excluding carboxylic acids is 3. The highest BCUT2D eigenvalue weighted by Gasteiger charge is 2.24. The molecule has 0 unspecified atom stereocenters. The summed E-state index contributed by atoms with van der Waals surface area (Å²) in [5, 5.41) is 3.89. The van der Waals surface area contributed by atoms with Crippen molar-refractivity contribution in [2.45, 2.75) is 12.5 Å². The molecule has 0 saturated carbocycles. The van der Waals surface area contributed by atoms with Gasteiger partial charge in [-0.15, -0.1) is 0 Å². The molecule has 1 amide bonds. The number of rotatable bonds is 7. The number of amides is 1. The lowest BCUT2D eigenvalue weighted by molar-refractivity contribution is -0.145. The van der Waals surface area contributed by atoms with Crippen LogP contribution in [0.25, 0.3) is 10.9 Å². The largest absolute Gasteiger partial charge is 0.467 e. The minimum absolute atomic E-state index is 0.227. The summed E-state index contributed by atoms with van der Waals surface area (Å²) in [5.74, 6) is -1.89. The van der Waals surface area contributed by atoms with E-state index in [1.54, 1.807) is 18.3 Å². The predicted octanol–water partition coefficient (Wildman–Crippen LogP) is 2.88. The molecule has 0 aliphatic heterocycles. The number of fused-ring (bicyclic) bond motifs is 1. The molecule has 0 fully saturated rings. The van der Waals surface area contributed by atoms with Crippen LogP contribution < -0.4 is 5.32 Å². The first kappa shape index (κ1) is 20.4. The third kappa shape index (κ3) is 5.14. The summed E-state index contributed by atoms with van der Waals surface area (Å²) in [4.78, 5) is 39.5. The van der Waals surface area contributed by atoms with Crippen molar-refractivity contribution in [3.05, 3.63) is 70.9 Å². The van der Waals surface area contributed by atoms with E-state index in [1.807, 2.05) is 24.3 Å². The van der Waals surface area contributed by atoms with E-state index in [2.05, 4.69) is 10.3 Å². The number of aromatic amines is 1. The number of esters is 2. The third-order valence-electron chi connectivity index (χ3n) is 4.31. The summed E-state index contributed by atoms with van der Waals surface area (Å²) in [5.41, 5.74) is 2.01. The topological polar surface area (TPSA) is 97.5 Å². The summed E-state index contributed by atoms with van der Waals surface area (Å²) in [7, 11) is 1.25. The molecule has 0 radical (unpaired) electrons. The van der Waals surface area contributed by atoms with Crippen LogP contribution in [0.3, 0.4) is 0 Å². The summed E-state index contributed by atoms with van der Waals surface area (Å²) in [6.07, 6.45) is 2.01. The first-order valence-corrected chi connectivity index (χ1v) is 9.20. The van der Waals surface area contributed by atoms with E-state index in [-0.39, 0.29) is 12.0 Å². The average Bonchev–Trinajstić information content (AvgIpc) is 3.14. The Labute approximate surface area is 171 Å². The Hall–Kier alpha value is -3.32. The summed E-state index contributed by atoms with van der Waals surface area (Å²) in [6.45, 7) is -0.535. The van der Waals surface area contributed by atoms with Gasteiger partial charge in [0.25, 0.3) is 5.91 Å². The lowest BCUT2D eigenvalue weighted by Crippen LogP contribution is -2.44. The van der Waals surface area contributed by atoms with Crippen molar-refractivity contribution in [1.29, 1.82) is 0 Å². The van der Waals surface area contributed by atoms with Crippen LogP contribution in [0.15, 0.2) is 54.7 Å². The standard InChI is InChI=1S/C21H19ClN2O5/c1-28-21(27)18(10-14-11-23-17-8-3-2-7-16(14)17)24-19(25)12-29-20(26)13-5-4-6-15(22)9-13/h2-9,11,18,23H,10,12H2,1H3,(H,24,25)/t18-/m1/s1. The molecule has 29 heavy (non-hydrogen) atoms. The maximum absolute atomic E-state index is 12.2. The number of aromatic nitrogens is 1. The monoisotopic (exact) mass is 414 g/mol. The Morgan fingerprint density at radius 2 is 1.93 bits per heavy atom. The zero-order valence-electron chi connectivity index (χ0n) is 15.6. The fourth-order valence-corrected chi connectivity index (χ4v) is 3.11. The maximum atomic E-state index is 12.2. The minimum Gasteiger partial charge on any atom is -0.467 e. The number of methoxy groups -OCH3 is 1. The van der Waals surface area contributed by atoms with Gasteiger partial charge in [0.05, 0.1) is 12.7 Å². The third-order valence-corrected chi connectivity index (χ3v) is 4.55. The number of carbonyl (C=O) groups is 3. The van der Waals surface area contributed by atoms with Crippen LogP contribution in [0.1, 0.15) is 15.9 Å². The van der Waals surface area contributed by atoms with Crippen molar-refractivity contribution in [3.8, 4) is 0 Å². The molecule has 0 saturated heterocycles. The zero-order chi connectivity index (χ0) is 20.8. The van der Waals surface area contributed by atoms with Crippen molar-refractivity contribution in [3.63, 3.8) is 0 Å². The Morgan fingerprint density at radius 3 is 2.69 bits per heavy atom. The highest BCUT2D eigenvalue weighted by molar-refractivity contribution is 6.30. The summed E-state index contributed by atoms with van der Waals surface area (Å²) in [6, 6.07) is 12.9. The number of hydrogen-bond donors (Lipinski definition) is 2. The van der Waals surface area contributed by atoms with E-state index >= 15 is 0 Å². The maximum Gasteiger partial charge on any atom is 0.338 e.